The summed E-state index contributed by atoms with van der Waals surface area (Å²) in [5.74, 6) is 1.88. The minimum Gasteiger partial charge on any atom is -0.352 e. The first-order valence-electron chi connectivity index (χ1n) is 9.66. The van der Waals surface area contributed by atoms with E-state index in [-0.39, 0.29) is 17.9 Å². The molecule has 0 saturated carbocycles. The number of nitrogens with zero attached hydrogens (tertiary/aromatic N) is 4. The van der Waals surface area contributed by atoms with Gasteiger partial charge in [0.05, 0.1) is 0 Å². The van der Waals surface area contributed by atoms with Crippen LogP contribution in [0.2, 0.25) is 0 Å². The predicted octanol–water partition coefficient (Wildman–Crippen LogP) is 1.93. The normalized spacial score (nSPS) is 24.1. The summed E-state index contributed by atoms with van der Waals surface area (Å²) in [4.78, 5) is 25.8. The molecule has 1 aromatic rings. The molecule has 1 amide bonds. The van der Waals surface area contributed by atoms with E-state index in [1.54, 1.807) is 12.4 Å². The Labute approximate surface area is 151 Å². The average molecular weight is 345 g/mol. The monoisotopic (exact) mass is 345 g/mol. The third-order valence-electron chi connectivity index (χ3n) is 5.36. The number of rotatable bonds is 5. The molecular formula is C19H31N5O. The molecule has 2 atom stereocenters. The van der Waals surface area contributed by atoms with Gasteiger partial charge in [-0.1, -0.05) is 6.92 Å². The minimum absolute atomic E-state index is 0.114. The van der Waals surface area contributed by atoms with Crippen molar-refractivity contribution in [1.29, 1.82) is 0 Å². The molecule has 1 aromatic heterocycles. The summed E-state index contributed by atoms with van der Waals surface area (Å²) >= 11 is 0. The van der Waals surface area contributed by atoms with Crippen molar-refractivity contribution in [3.63, 3.8) is 0 Å². The smallest absolute Gasteiger partial charge is 0.225 e. The second-order valence-corrected chi connectivity index (χ2v) is 7.73. The number of carbonyl (C=O) groups excluding carboxylic acids is 1. The number of hydrogen-bond donors (Lipinski definition) is 1. The molecule has 0 spiro atoms. The molecule has 0 bridgehead atoms. The lowest BCUT2D eigenvalue weighted by molar-refractivity contribution is -0.126. The quantitative estimate of drug-likeness (QED) is 0.883. The van der Waals surface area contributed by atoms with Crippen molar-refractivity contribution >= 4 is 11.9 Å². The molecule has 0 radical (unpaired) electrons. The number of nitrogens with one attached hydrogen (secondary N) is 1. The van der Waals surface area contributed by atoms with Gasteiger partial charge in [-0.3, -0.25) is 4.79 Å². The van der Waals surface area contributed by atoms with Crippen molar-refractivity contribution in [2.75, 3.05) is 37.6 Å². The average Bonchev–Trinajstić information content (AvgIpc) is 2.62. The van der Waals surface area contributed by atoms with Crippen molar-refractivity contribution in [2.24, 2.45) is 11.8 Å². The first-order valence-corrected chi connectivity index (χ1v) is 9.66. The number of hydrogen-bond acceptors (Lipinski definition) is 5. The summed E-state index contributed by atoms with van der Waals surface area (Å²) in [5.41, 5.74) is 0. The summed E-state index contributed by atoms with van der Waals surface area (Å²) < 4.78 is 0. The van der Waals surface area contributed by atoms with Gasteiger partial charge < -0.3 is 15.1 Å². The van der Waals surface area contributed by atoms with Crippen LogP contribution in [0.3, 0.4) is 0 Å². The highest BCUT2D eigenvalue weighted by Gasteiger charge is 2.27. The van der Waals surface area contributed by atoms with Gasteiger partial charge in [0.1, 0.15) is 0 Å². The highest BCUT2D eigenvalue weighted by Crippen LogP contribution is 2.21. The summed E-state index contributed by atoms with van der Waals surface area (Å²) in [6.07, 6.45) is 7.90. The van der Waals surface area contributed by atoms with E-state index in [9.17, 15) is 4.79 Å². The van der Waals surface area contributed by atoms with Crippen molar-refractivity contribution in [3.8, 4) is 0 Å². The van der Waals surface area contributed by atoms with Gasteiger partial charge in [0.25, 0.3) is 0 Å². The molecular weight excluding hydrogens is 314 g/mol. The van der Waals surface area contributed by atoms with Crippen LogP contribution in [-0.4, -0.2) is 59.5 Å². The topological polar surface area (TPSA) is 61.4 Å². The maximum absolute atomic E-state index is 12.6. The SMILES string of the molecule is C[C@H]1CCCN(C[C@H](C)NC(=O)C2CCN(c3ncccn3)CC2)C1. The lowest BCUT2D eigenvalue weighted by atomic mass is 9.95. The Kier molecular flexibility index (Phi) is 6.24. The molecule has 1 N–H and O–H groups in total. The molecule has 3 heterocycles. The summed E-state index contributed by atoms with van der Waals surface area (Å²) in [6, 6.07) is 2.04. The first-order chi connectivity index (χ1) is 12.1. The highest BCUT2D eigenvalue weighted by atomic mass is 16.1. The van der Waals surface area contributed by atoms with Crippen LogP contribution < -0.4 is 10.2 Å². The van der Waals surface area contributed by atoms with Crippen molar-refractivity contribution < 1.29 is 4.79 Å². The van der Waals surface area contributed by atoms with Gasteiger partial charge in [-0.25, -0.2) is 9.97 Å². The number of aromatic nitrogens is 2. The van der Waals surface area contributed by atoms with E-state index in [1.165, 1.54) is 19.4 Å². The Bertz CT molecular complexity index is 544. The fourth-order valence-corrected chi connectivity index (χ4v) is 4.04. The Hall–Kier alpha value is -1.69. The molecule has 0 aromatic carbocycles. The lowest BCUT2D eigenvalue weighted by Gasteiger charge is -2.34. The Balaban J connectivity index is 1.41. The summed E-state index contributed by atoms with van der Waals surface area (Å²) in [6.45, 7) is 9.44. The maximum atomic E-state index is 12.6. The van der Waals surface area contributed by atoms with Gasteiger partial charge >= 0.3 is 0 Å². The van der Waals surface area contributed by atoms with Crippen LogP contribution >= 0.6 is 0 Å². The molecule has 2 aliphatic heterocycles. The molecule has 0 aliphatic carbocycles. The number of likely N-dealkylation sites (tertiary alicyclic amines) is 1. The fourth-order valence-electron chi connectivity index (χ4n) is 4.04. The molecule has 3 rings (SSSR count). The van der Waals surface area contributed by atoms with E-state index in [2.05, 4.69) is 38.9 Å². The number of anilines is 1. The van der Waals surface area contributed by atoms with Crippen LogP contribution in [0, 0.1) is 11.8 Å². The van der Waals surface area contributed by atoms with E-state index in [0.29, 0.717) is 0 Å². The first kappa shape index (κ1) is 18.1. The van der Waals surface area contributed by atoms with E-state index < -0.39 is 0 Å². The van der Waals surface area contributed by atoms with Crippen LogP contribution in [-0.2, 0) is 4.79 Å². The second-order valence-electron chi connectivity index (χ2n) is 7.73. The molecule has 2 saturated heterocycles. The minimum atomic E-state index is 0.114. The molecule has 0 unspecified atom stereocenters. The summed E-state index contributed by atoms with van der Waals surface area (Å²) in [5, 5.41) is 3.24. The Morgan fingerprint density at radius 2 is 1.96 bits per heavy atom. The van der Waals surface area contributed by atoms with Gasteiger partial charge in [-0.05, 0) is 51.1 Å². The van der Waals surface area contributed by atoms with Crippen LogP contribution in [0.25, 0.3) is 0 Å². The Morgan fingerprint density at radius 1 is 1.24 bits per heavy atom. The largest absolute Gasteiger partial charge is 0.352 e. The zero-order chi connectivity index (χ0) is 17.6. The van der Waals surface area contributed by atoms with Crippen LogP contribution in [0.5, 0.6) is 0 Å². The van der Waals surface area contributed by atoms with Gasteiger partial charge in [-0.2, -0.15) is 0 Å². The standard InChI is InChI=1S/C19H31N5O/c1-15-5-3-10-23(13-15)14-16(2)22-18(25)17-6-11-24(12-7-17)19-20-8-4-9-21-19/h4,8-9,15-17H,3,5-7,10-14H2,1-2H3,(H,22,25)/t15-,16-/m0/s1. The highest BCUT2D eigenvalue weighted by molar-refractivity contribution is 5.79. The lowest BCUT2D eigenvalue weighted by Crippen LogP contribution is -2.48. The van der Waals surface area contributed by atoms with Gasteiger partial charge in [0, 0.05) is 50.5 Å². The molecule has 2 fully saturated rings. The van der Waals surface area contributed by atoms with Crippen LogP contribution in [0.4, 0.5) is 5.95 Å². The van der Waals surface area contributed by atoms with Crippen molar-refractivity contribution in [3.05, 3.63) is 18.5 Å². The van der Waals surface area contributed by atoms with Crippen molar-refractivity contribution in [1.82, 2.24) is 20.2 Å². The Morgan fingerprint density at radius 3 is 2.64 bits per heavy atom. The maximum Gasteiger partial charge on any atom is 0.225 e. The number of piperidine rings is 2. The number of amides is 1. The molecule has 138 valence electrons. The zero-order valence-corrected chi connectivity index (χ0v) is 15.5. The zero-order valence-electron chi connectivity index (χ0n) is 15.5. The molecule has 6 nitrogen and oxygen atoms in total. The van der Waals surface area contributed by atoms with E-state index in [0.717, 1.165) is 50.9 Å². The molecule has 25 heavy (non-hydrogen) atoms. The van der Waals surface area contributed by atoms with E-state index >= 15 is 0 Å². The van der Waals surface area contributed by atoms with E-state index in [1.807, 2.05) is 6.07 Å². The second kappa shape index (κ2) is 8.61. The van der Waals surface area contributed by atoms with Crippen LogP contribution in [0.1, 0.15) is 39.5 Å². The molecule has 2 aliphatic rings. The molecule has 6 heteroatoms. The van der Waals surface area contributed by atoms with Crippen molar-refractivity contribution in [2.45, 2.75) is 45.6 Å². The van der Waals surface area contributed by atoms with E-state index in [4.69, 9.17) is 0 Å². The number of carbonyl (C=O) groups is 1. The third-order valence-corrected chi connectivity index (χ3v) is 5.36. The predicted molar refractivity (Wildman–Crippen MR) is 99.4 cm³/mol. The van der Waals surface area contributed by atoms with Gasteiger partial charge in [0.15, 0.2) is 0 Å². The third kappa shape index (κ3) is 5.14. The van der Waals surface area contributed by atoms with Gasteiger partial charge in [-0.15, -0.1) is 0 Å². The van der Waals surface area contributed by atoms with Gasteiger partial charge in [0.2, 0.25) is 11.9 Å². The van der Waals surface area contributed by atoms with Crippen LogP contribution in [0.15, 0.2) is 18.5 Å². The summed E-state index contributed by atoms with van der Waals surface area (Å²) in [7, 11) is 0. The fraction of sp³-hybridized carbons (Fsp3) is 0.737.